The highest BCUT2D eigenvalue weighted by Crippen LogP contribution is 2.34. The van der Waals surface area contributed by atoms with Gasteiger partial charge in [0.05, 0.1) is 6.61 Å². The summed E-state index contributed by atoms with van der Waals surface area (Å²) in [6.07, 6.45) is 1.64. The molecule has 2 atom stereocenters. The fraction of sp³-hybridized carbons (Fsp3) is 0.444. The zero-order chi connectivity index (χ0) is 18.6. The van der Waals surface area contributed by atoms with E-state index in [0.29, 0.717) is 25.3 Å². The van der Waals surface area contributed by atoms with E-state index in [0.717, 1.165) is 17.9 Å². The van der Waals surface area contributed by atoms with Crippen LogP contribution >= 0.6 is 0 Å². The molecule has 2 aliphatic rings. The Hall–Kier alpha value is -2.58. The minimum absolute atomic E-state index is 0.118. The van der Waals surface area contributed by atoms with Gasteiger partial charge >= 0.3 is 11.9 Å². The topological polar surface area (TPSA) is 83.5 Å². The van der Waals surface area contributed by atoms with E-state index in [1.807, 2.05) is 19.1 Å². The molecule has 0 radical (unpaired) electrons. The second-order valence-corrected chi connectivity index (χ2v) is 5.89. The third-order valence-electron chi connectivity index (χ3n) is 4.28. The summed E-state index contributed by atoms with van der Waals surface area (Å²) in [4.78, 5) is 28.7. The first kappa shape index (κ1) is 18.2. The summed E-state index contributed by atoms with van der Waals surface area (Å²) in [5.74, 6) is 0.102. The minimum Gasteiger partial charge on any atom is -0.494 e. The van der Waals surface area contributed by atoms with Crippen LogP contribution in [0.4, 0.5) is 0 Å². The maximum atomic E-state index is 11.8. The fourth-order valence-electron chi connectivity index (χ4n) is 2.90. The third-order valence-corrected chi connectivity index (χ3v) is 4.28. The molecule has 0 saturated carbocycles. The quantitative estimate of drug-likeness (QED) is 0.703. The Morgan fingerprint density at radius 1 is 1.12 bits per heavy atom. The zero-order valence-corrected chi connectivity index (χ0v) is 14.7. The number of benzene rings is 1. The molecule has 2 unspecified atom stereocenters. The average Bonchev–Trinajstić information content (AvgIpc) is 2.96. The van der Waals surface area contributed by atoms with Crippen molar-refractivity contribution < 1.29 is 33.4 Å². The van der Waals surface area contributed by atoms with Gasteiger partial charge in [-0.25, -0.2) is 9.59 Å². The molecule has 1 saturated heterocycles. The maximum absolute atomic E-state index is 11.8. The lowest BCUT2D eigenvalue weighted by molar-refractivity contribution is -0.254. The molecule has 0 aliphatic carbocycles. The Morgan fingerprint density at radius 3 is 2.42 bits per heavy atom. The fourth-order valence-corrected chi connectivity index (χ4v) is 2.90. The Labute approximate surface area is 151 Å². The molecule has 26 heavy (non-hydrogen) atoms. The smallest absolute Gasteiger partial charge is 0.350 e. The monoisotopic (exact) mass is 363 g/mol. The average molecular weight is 363 g/mol. The largest absolute Gasteiger partial charge is 0.494 e. The van der Waals surface area contributed by atoms with E-state index in [9.17, 15) is 9.59 Å². The Balaban J connectivity index is 1.72. The summed E-state index contributed by atoms with van der Waals surface area (Å²) in [5.41, 5.74) is -0.959. The van der Waals surface area contributed by atoms with Crippen molar-refractivity contribution >= 4 is 11.9 Å². The van der Waals surface area contributed by atoms with Crippen molar-refractivity contribution in [3.05, 3.63) is 36.4 Å². The predicted molar refractivity (Wildman–Crippen MR) is 89.3 cm³/mol. The van der Waals surface area contributed by atoms with Gasteiger partial charge in [0.15, 0.2) is 5.60 Å². The van der Waals surface area contributed by atoms with Gasteiger partial charge in [-0.2, -0.15) is 0 Å². The van der Waals surface area contributed by atoms with Gasteiger partial charge in [0.25, 0.3) is 0 Å². The number of hydrogen-bond acceptors (Lipinski definition) is 8. The van der Waals surface area contributed by atoms with Crippen LogP contribution in [0.5, 0.6) is 11.5 Å². The van der Waals surface area contributed by atoms with Gasteiger partial charge < -0.3 is 23.8 Å². The predicted octanol–water partition coefficient (Wildman–Crippen LogP) is 1.45. The van der Waals surface area contributed by atoms with Crippen LogP contribution in [0.1, 0.15) is 13.3 Å². The van der Waals surface area contributed by atoms with Gasteiger partial charge in [-0.3, -0.25) is 0 Å². The molecule has 1 aromatic carbocycles. The molecule has 2 heterocycles. The van der Waals surface area contributed by atoms with Crippen molar-refractivity contribution in [1.82, 2.24) is 5.06 Å². The van der Waals surface area contributed by atoms with Crippen LogP contribution in [0, 0.1) is 0 Å². The van der Waals surface area contributed by atoms with Crippen LogP contribution in [0.15, 0.2) is 36.4 Å². The lowest BCUT2D eigenvalue weighted by Gasteiger charge is -2.35. The molecule has 0 bridgehead atoms. The number of fused-ring (bicyclic) bond motifs is 1. The number of esters is 1. The first-order valence-electron chi connectivity index (χ1n) is 8.34. The summed E-state index contributed by atoms with van der Waals surface area (Å²) in [6, 6.07) is 7.19. The molecule has 8 heteroatoms. The first-order valence-corrected chi connectivity index (χ1v) is 8.34. The van der Waals surface area contributed by atoms with Crippen LogP contribution in [0.25, 0.3) is 0 Å². The molecule has 1 aromatic rings. The van der Waals surface area contributed by atoms with Gasteiger partial charge in [-0.05, 0) is 31.2 Å². The van der Waals surface area contributed by atoms with E-state index in [-0.39, 0.29) is 6.61 Å². The Bertz CT molecular complexity index is 687. The van der Waals surface area contributed by atoms with Crippen molar-refractivity contribution in [2.45, 2.75) is 25.2 Å². The lowest BCUT2D eigenvalue weighted by atomic mass is 10.0. The number of carbonyl (C=O) groups excluding carboxylic acids is 2. The van der Waals surface area contributed by atoms with Crippen molar-refractivity contribution in [2.24, 2.45) is 0 Å². The van der Waals surface area contributed by atoms with Crippen LogP contribution in [-0.4, -0.2) is 55.7 Å². The van der Waals surface area contributed by atoms with Gasteiger partial charge in [0, 0.05) is 32.2 Å². The molecule has 8 nitrogen and oxygen atoms in total. The summed E-state index contributed by atoms with van der Waals surface area (Å²) in [5, 5.41) is 1.31. The summed E-state index contributed by atoms with van der Waals surface area (Å²) in [6.45, 7) is 2.98. The minimum atomic E-state index is -0.959. The third kappa shape index (κ3) is 3.81. The molecule has 0 spiro atoms. The van der Waals surface area contributed by atoms with Crippen LogP contribution in [0.2, 0.25) is 0 Å². The molecule has 0 amide bonds. The second kappa shape index (κ2) is 7.76. The SMILES string of the molecule is CCOc1ccc(OCC2(OC)CCN3OC(=O)/C=C/C(=O)OC32)cc1. The van der Waals surface area contributed by atoms with E-state index >= 15 is 0 Å². The highest BCUT2D eigenvalue weighted by molar-refractivity contribution is 5.92. The molecule has 0 N–H and O–H groups in total. The first-order chi connectivity index (χ1) is 12.6. The molecule has 0 aromatic heterocycles. The second-order valence-electron chi connectivity index (χ2n) is 5.89. The number of hydroxylamine groups is 2. The number of nitrogens with zero attached hydrogens (tertiary/aromatic N) is 1. The number of carbonyl (C=O) groups is 2. The zero-order valence-electron chi connectivity index (χ0n) is 14.7. The Morgan fingerprint density at radius 2 is 1.77 bits per heavy atom. The lowest BCUT2D eigenvalue weighted by Crippen LogP contribution is -2.53. The van der Waals surface area contributed by atoms with Gasteiger partial charge in [-0.15, -0.1) is 0 Å². The summed E-state index contributed by atoms with van der Waals surface area (Å²) >= 11 is 0. The van der Waals surface area contributed by atoms with Crippen LogP contribution < -0.4 is 9.47 Å². The Kier molecular flexibility index (Phi) is 5.43. The van der Waals surface area contributed by atoms with Crippen molar-refractivity contribution in [2.75, 3.05) is 26.9 Å². The summed E-state index contributed by atoms with van der Waals surface area (Å²) in [7, 11) is 1.51. The van der Waals surface area contributed by atoms with Crippen molar-refractivity contribution in [3.63, 3.8) is 0 Å². The van der Waals surface area contributed by atoms with E-state index in [1.54, 1.807) is 12.1 Å². The maximum Gasteiger partial charge on any atom is 0.350 e. The molecule has 1 fully saturated rings. The molecule has 140 valence electrons. The molecule has 3 rings (SSSR count). The van der Waals surface area contributed by atoms with Gasteiger partial charge in [-0.1, -0.05) is 5.06 Å². The number of hydrogen-bond donors (Lipinski definition) is 0. The standard InChI is InChI=1S/C18H21NO7/c1-3-23-13-4-6-14(7-5-13)24-12-18(22-2)10-11-19-17(18)25-15(20)8-9-16(21)26-19/h4-9,17H,3,10-12H2,1-2H3/b9-8+. The number of methoxy groups -OCH3 is 1. The number of rotatable bonds is 6. The number of ether oxygens (including phenoxy) is 4. The van der Waals surface area contributed by atoms with Crippen LogP contribution in [0.3, 0.4) is 0 Å². The van der Waals surface area contributed by atoms with E-state index in [2.05, 4.69) is 0 Å². The normalized spacial score (nSPS) is 26.9. The molecule has 2 aliphatic heterocycles. The van der Waals surface area contributed by atoms with E-state index < -0.39 is 23.8 Å². The van der Waals surface area contributed by atoms with Gasteiger partial charge in [0.1, 0.15) is 18.1 Å². The van der Waals surface area contributed by atoms with Gasteiger partial charge in [0.2, 0.25) is 6.23 Å². The van der Waals surface area contributed by atoms with E-state index in [1.165, 1.54) is 12.2 Å². The van der Waals surface area contributed by atoms with E-state index in [4.69, 9.17) is 23.8 Å². The highest BCUT2D eigenvalue weighted by atomic mass is 16.8. The highest BCUT2D eigenvalue weighted by Gasteiger charge is 2.53. The molecular weight excluding hydrogens is 342 g/mol. The van der Waals surface area contributed by atoms with Crippen molar-refractivity contribution in [3.8, 4) is 11.5 Å². The van der Waals surface area contributed by atoms with Crippen molar-refractivity contribution in [1.29, 1.82) is 0 Å². The molecular formula is C18H21NO7. The summed E-state index contributed by atoms with van der Waals surface area (Å²) < 4.78 is 22.3. The van der Waals surface area contributed by atoms with Crippen LogP contribution in [-0.2, 0) is 23.9 Å².